The molecule has 0 radical (unpaired) electrons. The number of nitrogens with one attached hydrogen (secondary N) is 2. The first-order valence-electron chi connectivity index (χ1n) is 11.6. The lowest BCUT2D eigenvalue weighted by Gasteiger charge is -2.28. The number of aryl methyl sites for hydroxylation is 1. The first-order valence-corrected chi connectivity index (χ1v) is 13.9. The van der Waals surface area contributed by atoms with Crippen LogP contribution in [0.25, 0.3) is 0 Å². The maximum atomic E-state index is 11.7. The van der Waals surface area contributed by atoms with Crippen molar-refractivity contribution in [1.29, 1.82) is 0 Å². The number of rotatable bonds is 6. The summed E-state index contributed by atoms with van der Waals surface area (Å²) in [7, 11) is -3.36. The Hall–Kier alpha value is -2.91. The molecule has 2 aliphatic rings. The first kappa shape index (κ1) is 22.9. The molecule has 2 N–H and O–H groups in total. The molecular formula is C25H29N5O2S2. The quantitative estimate of drug-likeness (QED) is 0.476. The van der Waals surface area contributed by atoms with E-state index in [0.29, 0.717) is 16.8 Å². The SMILES string of the molecule is Cc1cc(N2C(=S)N[C@H](c3ccccn3)[C@@H]2c2ccn(C3CCCC3)c2)ccc1NS(C)(=O)=O. The van der Waals surface area contributed by atoms with Crippen molar-refractivity contribution in [1.82, 2.24) is 14.9 Å². The van der Waals surface area contributed by atoms with Crippen LogP contribution in [0.3, 0.4) is 0 Å². The van der Waals surface area contributed by atoms with E-state index < -0.39 is 10.0 Å². The maximum Gasteiger partial charge on any atom is 0.229 e. The average Bonchev–Trinajstić information content (AvgIpc) is 3.54. The van der Waals surface area contributed by atoms with Gasteiger partial charge >= 0.3 is 0 Å². The van der Waals surface area contributed by atoms with Gasteiger partial charge in [0.1, 0.15) is 0 Å². The molecular weight excluding hydrogens is 466 g/mol. The Morgan fingerprint density at radius 1 is 1.15 bits per heavy atom. The maximum absolute atomic E-state index is 11.7. The monoisotopic (exact) mass is 495 g/mol. The fourth-order valence-electron chi connectivity index (χ4n) is 5.12. The summed E-state index contributed by atoms with van der Waals surface area (Å²) in [6.07, 6.45) is 12.4. The van der Waals surface area contributed by atoms with E-state index in [-0.39, 0.29) is 12.1 Å². The number of pyridine rings is 1. The van der Waals surface area contributed by atoms with Crippen LogP contribution in [0.2, 0.25) is 0 Å². The molecule has 1 aliphatic heterocycles. The summed E-state index contributed by atoms with van der Waals surface area (Å²) in [5.41, 5.74) is 4.40. The molecule has 0 amide bonds. The van der Waals surface area contributed by atoms with Crippen LogP contribution in [-0.4, -0.2) is 29.3 Å². The predicted molar refractivity (Wildman–Crippen MR) is 140 cm³/mol. The molecule has 1 aromatic carbocycles. The highest BCUT2D eigenvalue weighted by Crippen LogP contribution is 2.43. The van der Waals surface area contributed by atoms with Crippen molar-refractivity contribution in [2.24, 2.45) is 0 Å². The molecule has 0 spiro atoms. The zero-order chi connectivity index (χ0) is 23.9. The number of aromatic nitrogens is 2. The highest BCUT2D eigenvalue weighted by molar-refractivity contribution is 7.92. The smallest absolute Gasteiger partial charge is 0.229 e. The van der Waals surface area contributed by atoms with E-state index in [2.05, 4.69) is 42.9 Å². The normalized spacial score (nSPS) is 21.1. The topological polar surface area (TPSA) is 79.3 Å². The van der Waals surface area contributed by atoms with Gasteiger partial charge < -0.3 is 14.8 Å². The molecule has 34 heavy (non-hydrogen) atoms. The number of benzene rings is 1. The van der Waals surface area contributed by atoms with Crippen molar-refractivity contribution < 1.29 is 8.42 Å². The molecule has 2 atom stereocenters. The number of anilines is 2. The predicted octanol–water partition coefficient (Wildman–Crippen LogP) is 4.86. The van der Waals surface area contributed by atoms with Crippen molar-refractivity contribution >= 4 is 38.7 Å². The molecule has 178 valence electrons. The summed E-state index contributed by atoms with van der Waals surface area (Å²) in [5, 5.41) is 4.12. The van der Waals surface area contributed by atoms with E-state index in [1.54, 1.807) is 12.3 Å². The highest BCUT2D eigenvalue weighted by Gasteiger charge is 2.41. The summed E-state index contributed by atoms with van der Waals surface area (Å²) in [5.74, 6) is 0. The minimum Gasteiger partial charge on any atom is -0.351 e. The van der Waals surface area contributed by atoms with Crippen molar-refractivity contribution in [3.05, 3.63) is 77.9 Å². The van der Waals surface area contributed by atoms with Gasteiger partial charge in [0.2, 0.25) is 10.0 Å². The lowest BCUT2D eigenvalue weighted by molar-refractivity contribution is 0.515. The number of sulfonamides is 1. The lowest BCUT2D eigenvalue weighted by Crippen LogP contribution is -2.29. The third kappa shape index (κ3) is 4.54. The molecule has 9 heteroatoms. The van der Waals surface area contributed by atoms with E-state index in [0.717, 1.165) is 23.2 Å². The number of nitrogens with zero attached hydrogens (tertiary/aromatic N) is 3. The zero-order valence-corrected chi connectivity index (χ0v) is 20.9. The molecule has 1 saturated carbocycles. The Kier molecular flexibility index (Phi) is 6.07. The molecule has 5 rings (SSSR count). The van der Waals surface area contributed by atoms with Crippen molar-refractivity contribution in [2.45, 2.75) is 50.7 Å². The van der Waals surface area contributed by atoms with Gasteiger partial charge in [0.15, 0.2) is 5.11 Å². The molecule has 1 aliphatic carbocycles. The van der Waals surface area contributed by atoms with Crippen LogP contribution in [0, 0.1) is 6.92 Å². The van der Waals surface area contributed by atoms with E-state index in [9.17, 15) is 8.42 Å². The van der Waals surface area contributed by atoms with Gasteiger partial charge in [-0.1, -0.05) is 18.9 Å². The van der Waals surface area contributed by atoms with Crippen molar-refractivity contribution in [3.63, 3.8) is 0 Å². The Balaban J connectivity index is 1.55. The summed E-state index contributed by atoms with van der Waals surface area (Å²) in [6.45, 7) is 1.89. The van der Waals surface area contributed by atoms with Crippen LogP contribution in [0.4, 0.5) is 11.4 Å². The summed E-state index contributed by atoms with van der Waals surface area (Å²) in [6, 6.07) is 14.2. The lowest BCUT2D eigenvalue weighted by atomic mass is 9.98. The van der Waals surface area contributed by atoms with E-state index >= 15 is 0 Å². The van der Waals surface area contributed by atoms with Crippen LogP contribution in [0.1, 0.15) is 60.6 Å². The summed E-state index contributed by atoms with van der Waals surface area (Å²) < 4.78 is 28.4. The second-order valence-electron chi connectivity index (χ2n) is 9.20. The van der Waals surface area contributed by atoms with E-state index in [1.165, 1.54) is 31.2 Å². The highest BCUT2D eigenvalue weighted by atomic mass is 32.2. The summed E-state index contributed by atoms with van der Waals surface area (Å²) in [4.78, 5) is 6.75. The molecule has 2 fully saturated rings. The second-order valence-corrected chi connectivity index (χ2v) is 11.3. The number of hydrogen-bond acceptors (Lipinski definition) is 4. The Morgan fingerprint density at radius 2 is 1.94 bits per heavy atom. The standard InChI is InChI=1S/C25H29N5O2S2/c1-17-15-20(10-11-21(17)28-34(2,31)32)30-24(18-12-14-29(16-18)19-7-3-4-8-19)23(27-25(30)33)22-9-5-6-13-26-22/h5-6,9-16,19,23-24,28H,3-4,7-8H2,1-2H3,(H,27,33)/t23-,24+/m1/s1. The minimum atomic E-state index is -3.36. The van der Waals surface area contributed by atoms with Gasteiger partial charge in [0.25, 0.3) is 0 Å². The Bertz CT molecular complexity index is 1300. The minimum absolute atomic E-state index is 0.0850. The van der Waals surface area contributed by atoms with E-state index in [1.807, 2.05) is 37.3 Å². The fraction of sp³-hybridized carbons (Fsp3) is 0.360. The van der Waals surface area contributed by atoms with Gasteiger partial charge in [0.05, 0.1) is 29.7 Å². The summed E-state index contributed by atoms with van der Waals surface area (Å²) >= 11 is 5.82. The van der Waals surface area contributed by atoms with Gasteiger partial charge in [-0.25, -0.2) is 8.42 Å². The van der Waals surface area contributed by atoms with Gasteiger partial charge in [0, 0.05) is 30.3 Å². The van der Waals surface area contributed by atoms with Crippen LogP contribution in [0.5, 0.6) is 0 Å². The molecule has 7 nitrogen and oxygen atoms in total. The number of hydrogen-bond donors (Lipinski definition) is 2. The molecule has 2 aromatic heterocycles. The van der Waals surface area contributed by atoms with Gasteiger partial charge in [-0.05, 0) is 79.5 Å². The molecule has 1 saturated heterocycles. The van der Waals surface area contributed by atoms with Crippen LogP contribution < -0.4 is 14.9 Å². The van der Waals surface area contributed by atoms with Crippen LogP contribution in [0.15, 0.2) is 61.1 Å². The van der Waals surface area contributed by atoms with Gasteiger partial charge in [-0.15, -0.1) is 0 Å². The molecule has 0 bridgehead atoms. The fourth-order valence-corrected chi connectivity index (χ4v) is 6.09. The van der Waals surface area contributed by atoms with Gasteiger partial charge in [-0.3, -0.25) is 9.71 Å². The second kappa shape index (κ2) is 9.03. The Morgan fingerprint density at radius 3 is 2.62 bits per heavy atom. The third-order valence-corrected chi connectivity index (χ3v) is 7.61. The molecule has 3 heterocycles. The zero-order valence-electron chi connectivity index (χ0n) is 19.3. The third-order valence-electron chi connectivity index (χ3n) is 6.71. The largest absolute Gasteiger partial charge is 0.351 e. The average molecular weight is 496 g/mol. The first-order chi connectivity index (χ1) is 16.3. The van der Waals surface area contributed by atoms with E-state index in [4.69, 9.17) is 12.2 Å². The molecule has 3 aromatic rings. The van der Waals surface area contributed by atoms with Crippen molar-refractivity contribution in [2.75, 3.05) is 15.9 Å². The van der Waals surface area contributed by atoms with Gasteiger partial charge in [-0.2, -0.15) is 0 Å². The Labute approximate surface area is 206 Å². The number of thiocarbonyl (C=S) groups is 1. The van der Waals surface area contributed by atoms with Crippen LogP contribution >= 0.6 is 12.2 Å². The van der Waals surface area contributed by atoms with Crippen LogP contribution in [-0.2, 0) is 10.0 Å². The van der Waals surface area contributed by atoms with Crippen molar-refractivity contribution in [3.8, 4) is 0 Å². The molecule has 0 unspecified atom stereocenters.